The molecule has 0 saturated carbocycles. The molecule has 1 aliphatic heterocycles. The quantitative estimate of drug-likeness (QED) is 0.869. The van der Waals surface area contributed by atoms with Crippen molar-refractivity contribution in [1.82, 2.24) is 14.9 Å². The van der Waals surface area contributed by atoms with Gasteiger partial charge in [0.25, 0.3) is 0 Å². The van der Waals surface area contributed by atoms with Crippen molar-refractivity contribution in [3.8, 4) is 0 Å². The summed E-state index contributed by atoms with van der Waals surface area (Å²) in [4.78, 5) is 13.4. The number of likely N-dealkylation sites (tertiary alicyclic amines) is 1. The lowest BCUT2D eigenvalue weighted by Gasteiger charge is -2.23. The summed E-state index contributed by atoms with van der Waals surface area (Å²) in [5.41, 5.74) is 1.13. The molecule has 5 heteroatoms. The lowest BCUT2D eigenvalue weighted by molar-refractivity contribution is 0.395. The zero-order valence-electron chi connectivity index (χ0n) is 11.8. The summed E-state index contributed by atoms with van der Waals surface area (Å²) in [5.74, 6) is 2.46. The number of aromatic nitrogens is 2. The first-order valence-electron chi connectivity index (χ1n) is 6.51. The van der Waals surface area contributed by atoms with Crippen molar-refractivity contribution < 1.29 is 0 Å². The van der Waals surface area contributed by atoms with E-state index in [4.69, 9.17) is 0 Å². The summed E-state index contributed by atoms with van der Waals surface area (Å²) in [6.45, 7) is 5.52. The number of hydrogen-bond acceptors (Lipinski definition) is 5. The Balaban J connectivity index is 2.05. The Morgan fingerprint density at radius 1 is 1.56 bits per heavy atom. The third-order valence-corrected chi connectivity index (χ3v) is 3.55. The minimum absolute atomic E-state index is 0.686. The predicted octanol–water partition coefficient (Wildman–Crippen LogP) is 1.21. The first kappa shape index (κ1) is 13.1. The van der Waals surface area contributed by atoms with E-state index in [9.17, 15) is 0 Å². The van der Waals surface area contributed by atoms with Crippen molar-refractivity contribution in [2.75, 3.05) is 51.0 Å². The van der Waals surface area contributed by atoms with E-state index in [2.05, 4.69) is 46.1 Å². The van der Waals surface area contributed by atoms with Gasteiger partial charge in [0.15, 0.2) is 0 Å². The topological polar surface area (TPSA) is 44.3 Å². The van der Waals surface area contributed by atoms with E-state index in [1.807, 2.05) is 13.2 Å². The summed E-state index contributed by atoms with van der Waals surface area (Å²) < 4.78 is 0. The fraction of sp³-hybridized carbons (Fsp3) is 0.692. The van der Waals surface area contributed by atoms with Gasteiger partial charge in [-0.15, -0.1) is 0 Å². The summed E-state index contributed by atoms with van der Waals surface area (Å²) in [6.07, 6.45) is 3.16. The van der Waals surface area contributed by atoms with Gasteiger partial charge in [-0.05, 0) is 32.9 Å². The Kier molecular flexibility index (Phi) is 4.01. The third kappa shape index (κ3) is 2.90. The minimum Gasteiger partial charge on any atom is -0.359 e. The van der Waals surface area contributed by atoms with Crippen LogP contribution >= 0.6 is 0 Å². The largest absolute Gasteiger partial charge is 0.359 e. The van der Waals surface area contributed by atoms with Crippen molar-refractivity contribution in [2.45, 2.75) is 13.3 Å². The molecule has 1 aromatic heterocycles. The molecule has 2 heterocycles. The summed E-state index contributed by atoms with van der Waals surface area (Å²) in [7, 11) is 6.16. The molecule has 0 bridgehead atoms. The molecular formula is C13H23N5. The SMILES string of the molecule is CNc1ncc(C)c(N(C)CC2CCN(C)C2)n1. The molecule has 1 saturated heterocycles. The van der Waals surface area contributed by atoms with Crippen LogP contribution in [0.15, 0.2) is 6.20 Å². The summed E-state index contributed by atoms with van der Waals surface area (Å²) in [6, 6.07) is 0. The highest BCUT2D eigenvalue weighted by molar-refractivity contribution is 5.48. The first-order chi connectivity index (χ1) is 8.60. The van der Waals surface area contributed by atoms with Crippen molar-refractivity contribution in [1.29, 1.82) is 0 Å². The van der Waals surface area contributed by atoms with Gasteiger partial charge in [-0.2, -0.15) is 4.98 Å². The van der Waals surface area contributed by atoms with Crippen molar-refractivity contribution in [2.24, 2.45) is 5.92 Å². The maximum absolute atomic E-state index is 4.54. The van der Waals surface area contributed by atoms with Gasteiger partial charge in [-0.25, -0.2) is 4.98 Å². The number of nitrogens with zero attached hydrogens (tertiary/aromatic N) is 4. The Labute approximate surface area is 109 Å². The van der Waals surface area contributed by atoms with E-state index >= 15 is 0 Å². The van der Waals surface area contributed by atoms with Crippen LogP contribution in [0.25, 0.3) is 0 Å². The molecule has 1 aromatic rings. The van der Waals surface area contributed by atoms with Crippen LogP contribution in [0, 0.1) is 12.8 Å². The van der Waals surface area contributed by atoms with Gasteiger partial charge in [0.05, 0.1) is 0 Å². The molecule has 1 fully saturated rings. The fourth-order valence-electron chi connectivity index (χ4n) is 2.59. The van der Waals surface area contributed by atoms with Crippen LogP contribution in [0.1, 0.15) is 12.0 Å². The van der Waals surface area contributed by atoms with Crippen molar-refractivity contribution in [3.05, 3.63) is 11.8 Å². The van der Waals surface area contributed by atoms with Gasteiger partial charge >= 0.3 is 0 Å². The van der Waals surface area contributed by atoms with Crippen LogP contribution in [0.3, 0.4) is 0 Å². The van der Waals surface area contributed by atoms with Gasteiger partial charge < -0.3 is 15.1 Å². The molecule has 2 rings (SSSR count). The molecule has 100 valence electrons. The second-order valence-electron chi connectivity index (χ2n) is 5.25. The normalized spacial score (nSPS) is 20.1. The molecule has 0 aliphatic carbocycles. The van der Waals surface area contributed by atoms with Crippen LogP contribution < -0.4 is 10.2 Å². The lowest BCUT2D eigenvalue weighted by atomic mass is 10.1. The third-order valence-electron chi connectivity index (χ3n) is 3.55. The molecule has 0 amide bonds. The number of nitrogens with one attached hydrogen (secondary N) is 1. The van der Waals surface area contributed by atoms with Gasteiger partial charge in [0.1, 0.15) is 5.82 Å². The molecule has 0 radical (unpaired) electrons. The van der Waals surface area contributed by atoms with E-state index < -0.39 is 0 Å². The maximum atomic E-state index is 4.54. The Hall–Kier alpha value is -1.36. The highest BCUT2D eigenvalue weighted by Gasteiger charge is 2.21. The summed E-state index contributed by atoms with van der Waals surface area (Å²) in [5, 5.41) is 2.99. The zero-order chi connectivity index (χ0) is 13.1. The van der Waals surface area contributed by atoms with Crippen LogP contribution in [0.5, 0.6) is 0 Å². The highest BCUT2D eigenvalue weighted by atomic mass is 15.2. The standard InChI is InChI=1S/C13H23N5/c1-10-7-15-13(14-2)16-12(10)18(4)9-11-5-6-17(3)8-11/h7,11H,5-6,8-9H2,1-4H3,(H,14,15,16). The molecular weight excluding hydrogens is 226 g/mol. The van der Waals surface area contributed by atoms with E-state index in [1.54, 1.807) is 0 Å². The van der Waals surface area contributed by atoms with E-state index in [-0.39, 0.29) is 0 Å². The van der Waals surface area contributed by atoms with Crippen LogP contribution in [-0.4, -0.2) is 55.6 Å². The molecule has 1 N–H and O–H groups in total. The number of aryl methyl sites for hydroxylation is 1. The van der Waals surface area contributed by atoms with Crippen LogP contribution in [0.4, 0.5) is 11.8 Å². The lowest BCUT2D eigenvalue weighted by Crippen LogP contribution is -2.28. The highest BCUT2D eigenvalue weighted by Crippen LogP contribution is 2.21. The minimum atomic E-state index is 0.686. The monoisotopic (exact) mass is 249 g/mol. The van der Waals surface area contributed by atoms with Gasteiger partial charge in [-0.3, -0.25) is 0 Å². The summed E-state index contributed by atoms with van der Waals surface area (Å²) >= 11 is 0. The van der Waals surface area contributed by atoms with E-state index in [1.165, 1.54) is 19.5 Å². The molecule has 1 unspecified atom stereocenters. The average molecular weight is 249 g/mol. The smallest absolute Gasteiger partial charge is 0.224 e. The van der Waals surface area contributed by atoms with Crippen molar-refractivity contribution in [3.63, 3.8) is 0 Å². The number of hydrogen-bond donors (Lipinski definition) is 1. The van der Waals surface area contributed by atoms with E-state index in [0.717, 1.165) is 23.8 Å². The van der Waals surface area contributed by atoms with Gasteiger partial charge in [0, 0.05) is 38.9 Å². The number of rotatable bonds is 4. The molecule has 5 nitrogen and oxygen atoms in total. The molecule has 0 spiro atoms. The van der Waals surface area contributed by atoms with Gasteiger partial charge in [0.2, 0.25) is 5.95 Å². The van der Waals surface area contributed by atoms with Gasteiger partial charge in [-0.1, -0.05) is 0 Å². The Bertz CT molecular complexity index is 406. The predicted molar refractivity (Wildman–Crippen MR) is 75.2 cm³/mol. The Morgan fingerprint density at radius 2 is 2.33 bits per heavy atom. The second-order valence-corrected chi connectivity index (χ2v) is 5.25. The number of anilines is 2. The van der Waals surface area contributed by atoms with Crippen LogP contribution in [-0.2, 0) is 0 Å². The zero-order valence-corrected chi connectivity index (χ0v) is 11.8. The van der Waals surface area contributed by atoms with E-state index in [0.29, 0.717) is 5.95 Å². The first-order valence-corrected chi connectivity index (χ1v) is 6.51. The fourth-order valence-corrected chi connectivity index (χ4v) is 2.59. The maximum Gasteiger partial charge on any atom is 0.224 e. The van der Waals surface area contributed by atoms with Crippen molar-refractivity contribution >= 4 is 11.8 Å². The Morgan fingerprint density at radius 3 is 2.94 bits per heavy atom. The van der Waals surface area contributed by atoms with Crippen LogP contribution in [0.2, 0.25) is 0 Å². The molecule has 1 aliphatic rings. The second kappa shape index (κ2) is 5.52. The molecule has 0 aromatic carbocycles. The average Bonchev–Trinajstić information content (AvgIpc) is 2.75. The molecule has 18 heavy (non-hydrogen) atoms. The molecule has 1 atom stereocenters.